The zero-order valence-corrected chi connectivity index (χ0v) is 33.2. The fourth-order valence-corrected chi connectivity index (χ4v) is 4.92. The van der Waals surface area contributed by atoms with Gasteiger partial charge in [0.05, 0.1) is 0 Å². The monoisotopic (exact) mass is 805 g/mol. The van der Waals surface area contributed by atoms with Crippen molar-refractivity contribution in [3.05, 3.63) is 27.8 Å². The van der Waals surface area contributed by atoms with Crippen molar-refractivity contribution < 1.29 is 38.4 Å². The molecule has 0 radical (unpaired) electrons. The number of unbranched alkanes of at least 4 members (excludes halogenated alkanes) is 7. The van der Waals surface area contributed by atoms with Crippen LogP contribution in [-0.2, 0) is 38.4 Å². The second-order valence-electron chi connectivity index (χ2n) is 12.5. The summed E-state index contributed by atoms with van der Waals surface area (Å²) < 4.78 is 0. The SMILES string of the molecule is CC(=O)N([O-])CCCCCNC(=O)CCC(=O)N([O-])CCCCCNC(=O)CCC(=O)N([O-])CCCCCNC(=O)CCCCN1C(=O)C=CC1=O.[Ga+3]. The molecule has 0 aromatic rings. The molecule has 294 valence electrons. The maximum absolute atomic E-state index is 12.1. The average molecular weight is 807 g/mol. The number of nitrogens with one attached hydrogen (secondary N) is 3. The first kappa shape index (κ1) is 49.2. The van der Waals surface area contributed by atoms with Crippen LogP contribution in [0, 0.1) is 15.6 Å². The summed E-state index contributed by atoms with van der Waals surface area (Å²) in [6, 6.07) is 0. The van der Waals surface area contributed by atoms with E-state index in [4.69, 9.17) is 0 Å². The number of carbonyl (C=O) groups excluding carboxylic acids is 8. The van der Waals surface area contributed by atoms with E-state index in [0.29, 0.717) is 105 Å². The summed E-state index contributed by atoms with van der Waals surface area (Å²) >= 11 is 0. The predicted molar refractivity (Wildman–Crippen MR) is 195 cm³/mol. The summed E-state index contributed by atoms with van der Waals surface area (Å²) in [6.45, 7) is 2.61. The zero-order valence-electron chi connectivity index (χ0n) is 30.8. The molecule has 0 atom stereocenters. The fraction of sp³-hybridized carbons (Fsp3) is 0.706. The van der Waals surface area contributed by atoms with Crippen molar-refractivity contribution in [2.75, 3.05) is 45.8 Å². The first-order chi connectivity index (χ1) is 24.8. The minimum Gasteiger partial charge on any atom is -0.756 e. The van der Waals surface area contributed by atoms with E-state index < -0.39 is 17.7 Å². The second-order valence-corrected chi connectivity index (χ2v) is 12.5. The Morgan fingerprint density at radius 1 is 0.528 bits per heavy atom. The molecule has 1 rings (SSSR count). The number of hydrogen-bond donors (Lipinski definition) is 3. The summed E-state index contributed by atoms with van der Waals surface area (Å²) in [7, 11) is 0. The van der Waals surface area contributed by atoms with Crippen molar-refractivity contribution in [2.24, 2.45) is 0 Å². The Bertz CT molecular complexity index is 1200. The third-order valence-electron chi connectivity index (χ3n) is 8.06. The molecule has 3 N–H and O–H groups in total. The van der Waals surface area contributed by atoms with Crippen molar-refractivity contribution in [2.45, 2.75) is 110 Å². The van der Waals surface area contributed by atoms with Crippen LogP contribution in [0.2, 0.25) is 0 Å². The molecule has 19 heteroatoms. The Balaban J connectivity index is 0.0000270. The van der Waals surface area contributed by atoms with E-state index in [1.165, 1.54) is 19.1 Å². The molecule has 53 heavy (non-hydrogen) atoms. The number of hydroxylamine groups is 6. The van der Waals surface area contributed by atoms with Crippen LogP contribution in [0.1, 0.15) is 110 Å². The summed E-state index contributed by atoms with van der Waals surface area (Å²) in [5.74, 6) is -3.50. The van der Waals surface area contributed by atoms with Gasteiger partial charge in [0.1, 0.15) is 0 Å². The van der Waals surface area contributed by atoms with Gasteiger partial charge in [-0.1, -0.05) is 0 Å². The van der Waals surface area contributed by atoms with Crippen molar-refractivity contribution in [1.82, 2.24) is 36.0 Å². The van der Waals surface area contributed by atoms with Gasteiger partial charge >= 0.3 is 19.8 Å². The van der Waals surface area contributed by atoms with E-state index in [9.17, 15) is 54.0 Å². The van der Waals surface area contributed by atoms with Gasteiger partial charge in [-0.25, -0.2) is 0 Å². The van der Waals surface area contributed by atoms with Crippen LogP contribution >= 0.6 is 0 Å². The number of carbonyl (C=O) groups is 8. The smallest absolute Gasteiger partial charge is 0.756 e. The minimum atomic E-state index is -0.694. The molecule has 0 saturated heterocycles. The molecule has 1 aliphatic heterocycles. The Morgan fingerprint density at radius 3 is 1.30 bits per heavy atom. The van der Waals surface area contributed by atoms with Gasteiger partial charge in [-0.15, -0.1) is 0 Å². The van der Waals surface area contributed by atoms with Gasteiger partial charge in [-0.3, -0.25) is 43.3 Å². The molecule has 0 saturated carbocycles. The van der Waals surface area contributed by atoms with E-state index in [1.807, 2.05) is 0 Å². The van der Waals surface area contributed by atoms with Crippen LogP contribution in [0.4, 0.5) is 0 Å². The summed E-state index contributed by atoms with van der Waals surface area (Å²) in [4.78, 5) is 94.9. The first-order valence-electron chi connectivity index (χ1n) is 18.1. The molecule has 8 amide bonds. The number of rotatable bonds is 29. The van der Waals surface area contributed by atoms with Crippen LogP contribution < -0.4 is 16.0 Å². The van der Waals surface area contributed by atoms with Crippen LogP contribution in [0.5, 0.6) is 0 Å². The Labute approximate surface area is 323 Å². The Morgan fingerprint density at radius 2 is 0.906 bits per heavy atom. The van der Waals surface area contributed by atoms with Crippen molar-refractivity contribution in [1.29, 1.82) is 0 Å². The fourth-order valence-electron chi connectivity index (χ4n) is 4.92. The predicted octanol–water partition coefficient (Wildman–Crippen LogP) is 1.12. The molecule has 18 nitrogen and oxygen atoms in total. The van der Waals surface area contributed by atoms with E-state index in [2.05, 4.69) is 16.0 Å². The number of nitrogens with zero attached hydrogens (tertiary/aromatic N) is 4. The molecule has 0 bridgehead atoms. The van der Waals surface area contributed by atoms with E-state index in [1.54, 1.807) is 0 Å². The maximum Gasteiger partial charge on any atom is 3.00 e. The average Bonchev–Trinajstić information content (AvgIpc) is 3.44. The van der Waals surface area contributed by atoms with Crippen molar-refractivity contribution in [3.63, 3.8) is 0 Å². The standard InChI is InChI=1S/C34H54N7O11.Ga/c1-27(42)39(50)24-9-2-6-21-36-29(44)14-16-34(49)41(52)26-11-4-8-22-37-30(45)15-17-33(48)40(51)25-10-3-7-20-35-28(43)13-5-12-23-38-31(46)18-19-32(38)47;/h18-19H,2-17,20-26H2,1H3,(H,35,43)(H,36,44)(H,37,45);/q-3;+3. The largest absolute Gasteiger partial charge is 3.00 e. The molecule has 0 fully saturated rings. The minimum absolute atomic E-state index is 0. The molecule has 0 aliphatic carbocycles. The molecule has 0 aromatic heterocycles. The van der Waals surface area contributed by atoms with Crippen molar-refractivity contribution >= 4 is 67.0 Å². The summed E-state index contributed by atoms with van der Waals surface area (Å²) in [6.07, 6.45) is 8.06. The van der Waals surface area contributed by atoms with Gasteiger partial charge in [0.25, 0.3) is 11.8 Å². The van der Waals surface area contributed by atoms with E-state index >= 15 is 0 Å². The van der Waals surface area contributed by atoms with Gasteiger partial charge < -0.3 is 46.8 Å². The summed E-state index contributed by atoms with van der Waals surface area (Å²) in [5, 5.41) is 44.3. The molecular weight excluding hydrogens is 752 g/mol. The molecule has 0 unspecified atom stereocenters. The van der Waals surface area contributed by atoms with Crippen LogP contribution in [0.15, 0.2) is 12.2 Å². The van der Waals surface area contributed by atoms with Gasteiger partial charge in [0.2, 0.25) is 35.4 Å². The Kier molecular flexibility index (Phi) is 27.5. The molecule has 1 aliphatic rings. The van der Waals surface area contributed by atoms with Gasteiger partial charge in [-0.05, 0) is 70.6 Å². The van der Waals surface area contributed by atoms with Gasteiger partial charge in [0, 0.05) is 97.0 Å². The zero-order chi connectivity index (χ0) is 38.7. The number of amides is 8. The quantitative estimate of drug-likeness (QED) is 0.0418. The third kappa shape index (κ3) is 24.2. The third-order valence-corrected chi connectivity index (χ3v) is 8.06. The van der Waals surface area contributed by atoms with Crippen LogP contribution in [0.3, 0.4) is 0 Å². The van der Waals surface area contributed by atoms with Crippen LogP contribution in [0.25, 0.3) is 0 Å². The van der Waals surface area contributed by atoms with Gasteiger partial charge in [-0.2, -0.15) is 0 Å². The molecule has 0 spiro atoms. The number of imide groups is 1. The first-order valence-corrected chi connectivity index (χ1v) is 18.1. The number of hydrogen-bond acceptors (Lipinski definition) is 11. The van der Waals surface area contributed by atoms with Gasteiger partial charge in [0.15, 0.2) is 0 Å². The molecular formula is C34H54GaN7O11. The Hall–Kier alpha value is -3.78. The van der Waals surface area contributed by atoms with Crippen LogP contribution in [-0.4, -0.2) is 133 Å². The summed E-state index contributed by atoms with van der Waals surface area (Å²) in [5.41, 5.74) is 0. The second kappa shape index (κ2) is 29.6. The molecule has 1 heterocycles. The normalized spacial score (nSPS) is 11.9. The van der Waals surface area contributed by atoms with E-state index in [0.717, 1.165) is 4.90 Å². The molecule has 0 aromatic carbocycles. The van der Waals surface area contributed by atoms with Crippen molar-refractivity contribution in [3.8, 4) is 0 Å². The maximum atomic E-state index is 12.1. The van der Waals surface area contributed by atoms with E-state index in [-0.39, 0.29) is 108 Å². The topological polar surface area (TPSA) is 255 Å².